The molecule has 0 saturated heterocycles. The number of anilines is 2. The van der Waals surface area contributed by atoms with Crippen molar-refractivity contribution in [2.75, 3.05) is 15.7 Å². The number of halogens is 1. The first-order valence-electron chi connectivity index (χ1n) is 5.52. The number of nitrogens with one attached hydrogen (secondary N) is 2. The Morgan fingerprint density at radius 1 is 1.00 bits per heavy atom. The molecule has 0 aliphatic carbocycles. The molecule has 0 fully saturated rings. The SMILES string of the molecule is CS(=O)(=O)Nc1ccccc1NS(=O)(=O)c1sccc1Br. The second kappa shape index (κ2) is 5.95. The van der Waals surface area contributed by atoms with Crippen molar-refractivity contribution in [2.45, 2.75) is 4.21 Å². The fraction of sp³-hybridized carbons (Fsp3) is 0.0909. The molecular formula is C11H11BrN2O4S3. The van der Waals surface area contributed by atoms with E-state index in [1.54, 1.807) is 23.6 Å². The Hall–Kier alpha value is -1.10. The molecule has 1 aromatic heterocycles. The summed E-state index contributed by atoms with van der Waals surface area (Å²) < 4.78 is 52.4. The molecule has 0 aliphatic rings. The Kier molecular flexibility index (Phi) is 4.61. The summed E-state index contributed by atoms with van der Waals surface area (Å²) in [7, 11) is -7.30. The van der Waals surface area contributed by atoms with Crippen LogP contribution in [0.25, 0.3) is 0 Å². The van der Waals surface area contributed by atoms with Gasteiger partial charge in [-0.3, -0.25) is 9.44 Å². The van der Waals surface area contributed by atoms with Crippen LogP contribution in [0.4, 0.5) is 11.4 Å². The third-order valence-corrected chi connectivity index (χ3v) is 6.92. The molecule has 0 atom stereocenters. The van der Waals surface area contributed by atoms with E-state index >= 15 is 0 Å². The number of hydrogen-bond donors (Lipinski definition) is 2. The van der Waals surface area contributed by atoms with Gasteiger partial charge >= 0.3 is 0 Å². The van der Waals surface area contributed by atoms with E-state index in [0.29, 0.717) is 4.47 Å². The number of para-hydroxylation sites is 2. The fourth-order valence-corrected chi connectivity index (χ4v) is 5.52. The van der Waals surface area contributed by atoms with Gasteiger partial charge in [-0.2, -0.15) is 0 Å². The molecule has 0 bridgehead atoms. The van der Waals surface area contributed by atoms with Gasteiger partial charge in [0.2, 0.25) is 10.0 Å². The van der Waals surface area contributed by atoms with Crippen LogP contribution in [0.3, 0.4) is 0 Å². The predicted molar refractivity (Wildman–Crippen MR) is 87.7 cm³/mol. The van der Waals surface area contributed by atoms with Crippen LogP contribution < -0.4 is 9.44 Å². The van der Waals surface area contributed by atoms with Gasteiger partial charge in [0.25, 0.3) is 10.0 Å². The second-order valence-electron chi connectivity index (χ2n) is 4.08. The molecule has 0 aliphatic heterocycles. The molecule has 0 amide bonds. The summed E-state index contributed by atoms with van der Waals surface area (Å²) in [6, 6.07) is 7.79. The van der Waals surface area contributed by atoms with Crippen molar-refractivity contribution < 1.29 is 16.8 Å². The van der Waals surface area contributed by atoms with Gasteiger partial charge in [0.15, 0.2) is 4.21 Å². The summed E-state index contributed by atoms with van der Waals surface area (Å²) in [6.45, 7) is 0. The van der Waals surface area contributed by atoms with Crippen LogP contribution in [-0.2, 0) is 20.0 Å². The number of thiophene rings is 1. The van der Waals surface area contributed by atoms with Crippen molar-refractivity contribution >= 4 is 58.7 Å². The van der Waals surface area contributed by atoms with Gasteiger partial charge in [-0.25, -0.2) is 16.8 Å². The van der Waals surface area contributed by atoms with E-state index in [2.05, 4.69) is 25.4 Å². The molecule has 1 aromatic carbocycles. The van der Waals surface area contributed by atoms with Gasteiger partial charge in [0.1, 0.15) is 0 Å². The van der Waals surface area contributed by atoms with E-state index in [4.69, 9.17) is 0 Å². The Balaban J connectivity index is 2.39. The highest BCUT2D eigenvalue weighted by Crippen LogP contribution is 2.31. The first kappa shape index (κ1) is 16.3. The van der Waals surface area contributed by atoms with Crippen LogP contribution >= 0.6 is 27.3 Å². The summed E-state index contributed by atoms with van der Waals surface area (Å²) in [5, 5.41) is 1.64. The van der Waals surface area contributed by atoms with Crippen LogP contribution in [0.15, 0.2) is 44.4 Å². The number of benzene rings is 1. The summed E-state index contributed by atoms with van der Waals surface area (Å²) in [5.74, 6) is 0. The molecule has 0 saturated carbocycles. The Morgan fingerprint density at radius 2 is 1.57 bits per heavy atom. The largest absolute Gasteiger partial charge is 0.282 e. The van der Waals surface area contributed by atoms with E-state index < -0.39 is 20.0 Å². The maximum Gasteiger partial charge on any atom is 0.272 e. The van der Waals surface area contributed by atoms with Gasteiger partial charge in [-0.1, -0.05) is 12.1 Å². The molecule has 0 radical (unpaired) electrons. The third-order valence-electron chi connectivity index (χ3n) is 2.30. The van der Waals surface area contributed by atoms with E-state index in [1.807, 2.05) is 0 Å². The van der Waals surface area contributed by atoms with Crippen LogP contribution in [0.1, 0.15) is 0 Å². The summed E-state index contributed by atoms with van der Waals surface area (Å²) in [4.78, 5) is 0. The third kappa shape index (κ3) is 4.19. The minimum absolute atomic E-state index is 0.122. The van der Waals surface area contributed by atoms with Gasteiger partial charge in [-0.15, -0.1) is 11.3 Å². The van der Waals surface area contributed by atoms with Crippen molar-refractivity contribution in [1.29, 1.82) is 0 Å². The van der Waals surface area contributed by atoms with Crippen molar-refractivity contribution in [3.8, 4) is 0 Å². The normalized spacial score (nSPS) is 12.1. The maximum absolute atomic E-state index is 12.3. The van der Waals surface area contributed by atoms with Crippen LogP contribution in [0.2, 0.25) is 0 Å². The van der Waals surface area contributed by atoms with E-state index in [-0.39, 0.29) is 15.6 Å². The molecular weight excluding hydrogens is 400 g/mol. The average molecular weight is 411 g/mol. The van der Waals surface area contributed by atoms with E-state index in [0.717, 1.165) is 17.6 Å². The van der Waals surface area contributed by atoms with Gasteiger partial charge in [0.05, 0.1) is 17.6 Å². The molecule has 2 N–H and O–H groups in total. The van der Waals surface area contributed by atoms with Gasteiger partial charge in [0, 0.05) is 4.47 Å². The minimum atomic E-state index is -3.79. The Morgan fingerprint density at radius 3 is 2.05 bits per heavy atom. The monoisotopic (exact) mass is 410 g/mol. The number of rotatable bonds is 5. The average Bonchev–Trinajstić information content (AvgIpc) is 2.77. The van der Waals surface area contributed by atoms with Crippen molar-refractivity contribution in [2.24, 2.45) is 0 Å². The lowest BCUT2D eigenvalue weighted by Crippen LogP contribution is -2.16. The number of sulfonamides is 2. The van der Waals surface area contributed by atoms with Crippen molar-refractivity contribution in [3.05, 3.63) is 40.2 Å². The zero-order chi connectivity index (χ0) is 15.7. The summed E-state index contributed by atoms with van der Waals surface area (Å²) >= 11 is 4.22. The molecule has 2 aromatic rings. The lowest BCUT2D eigenvalue weighted by Gasteiger charge is -2.12. The summed E-state index contributed by atoms with van der Waals surface area (Å²) in [5.41, 5.74) is 0.319. The molecule has 1 heterocycles. The molecule has 0 unspecified atom stereocenters. The van der Waals surface area contributed by atoms with Crippen molar-refractivity contribution in [1.82, 2.24) is 0 Å². The maximum atomic E-state index is 12.3. The first-order chi connectivity index (χ1) is 9.69. The first-order valence-corrected chi connectivity index (χ1v) is 10.6. The van der Waals surface area contributed by atoms with Gasteiger partial charge < -0.3 is 0 Å². The van der Waals surface area contributed by atoms with E-state index in [9.17, 15) is 16.8 Å². The summed E-state index contributed by atoms with van der Waals surface area (Å²) in [6.07, 6.45) is 0.994. The molecule has 21 heavy (non-hydrogen) atoms. The van der Waals surface area contributed by atoms with Crippen LogP contribution in [0, 0.1) is 0 Å². The smallest absolute Gasteiger partial charge is 0.272 e. The quantitative estimate of drug-likeness (QED) is 0.792. The predicted octanol–water partition coefficient (Wildman–Crippen LogP) is 2.68. The number of hydrogen-bond acceptors (Lipinski definition) is 5. The topological polar surface area (TPSA) is 92.3 Å². The second-order valence-corrected chi connectivity index (χ2v) is 9.48. The molecule has 0 spiro atoms. The van der Waals surface area contributed by atoms with Crippen LogP contribution in [-0.4, -0.2) is 23.1 Å². The highest BCUT2D eigenvalue weighted by molar-refractivity contribution is 9.10. The zero-order valence-corrected chi connectivity index (χ0v) is 14.7. The van der Waals surface area contributed by atoms with Crippen molar-refractivity contribution in [3.63, 3.8) is 0 Å². The molecule has 10 heteroatoms. The molecule has 6 nitrogen and oxygen atoms in total. The molecule has 114 valence electrons. The highest BCUT2D eigenvalue weighted by Gasteiger charge is 2.21. The van der Waals surface area contributed by atoms with E-state index in [1.165, 1.54) is 12.1 Å². The lowest BCUT2D eigenvalue weighted by atomic mass is 10.3. The van der Waals surface area contributed by atoms with Crippen LogP contribution in [0.5, 0.6) is 0 Å². The fourth-order valence-electron chi connectivity index (χ4n) is 1.52. The Bertz CT molecular complexity index is 859. The molecule has 2 rings (SSSR count). The zero-order valence-electron chi connectivity index (χ0n) is 10.7. The standard InChI is InChI=1S/C11H11BrN2O4S3/c1-20(15,16)13-9-4-2-3-5-10(9)14-21(17,18)11-8(12)6-7-19-11/h2-7,13-14H,1H3. The minimum Gasteiger partial charge on any atom is -0.282 e. The van der Waals surface area contributed by atoms with Gasteiger partial charge in [-0.05, 0) is 39.5 Å². The lowest BCUT2D eigenvalue weighted by molar-refractivity contribution is 0.601. The Labute approximate surface area is 135 Å². The highest BCUT2D eigenvalue weighted by atomic mass is 79.9.